The number of benzene rings is 2. The Labute approximate surface area is 129 Å². The van der Waals surface area contributed by atoms with Gasteiger partial charge in [0.25, 0.3) is 0 Å². The smallest absolute Gasteiger partial charge is 0.360 e. The first-order valence-electron chi connectivity index (χ1n) is 6.69. The second-order valence-electron chi connectivity index (χ2n) is 4.48. The van der Waals surface area contributed by atoms with Crippen molar-refractivity contribution in [1.82, 2.24) is 0 Å². The lowest BCUT2D eigenvalue weighted by atomic mass is 10.1. The molecule has 0 N–H and O–H groups in total. The number of hydrogen-bond acceptors (Lipinski definition) is 5. The van der Waals surface area contributed by atoms with Gasteiger partial charge in [-0.05, 0) is 30.7 Å². The number of esters is 1. The third-order valence-electron chi connectivity index (χ3n) is 3.02. The fourth-order valence-corrected chi connectivity index (χ4v) is 1.93. The number of oxime groups is 1. The molecule has 0 heterocycles. The van der Waals surface area contributed by atoms with Gasteiger partial charge in [-0.3, -0.25) is 0 Å². The normalized spacial score (nSPS) is 11.0. The van der Waals surface area contributed by atoms with Crippen LogP contribution in [0, 0.1) is 6.92 Å². The summed E-state index contributed by atoms with van der Waals surface area (Å²) in [6.07, 6.45) is 0. The van der Waals surface area contributed by atoms with Crippen molar-refractivity contribution < 1.29 is 19.1 Å². The zero-order chi connectivity index (χ0) is 15.9. The third kappa shape index (κ3) is 3.44. The Hall–Kier alpha value is -2.82. The molecule has 5 heteroatoms. The predicted octanol–water partition coefficient (Wildman–Crippen LogP) is 3.31. The van der Waals surface area contributed by atoms with E-state index in [9.17, 15) is 4.79 Å². The van der Waals surface area contributed by atoms with E-state index in [2.05, 4.69) is 5.16 Å². The number of nitrogens with zero attached hydrogens (tertiary/aromatic N) is 1. The summed E-state index contributed by atoms with van der Waals surface area (Å²) in [7, 11) is 2.66. The summed E-state index contributed by atoms with van der Waals surface area (Å²) in [4.78, 5) is 16.6. The Morgan fingerprint density at radius 3 is 2.23 bits per heavy atom. The molecule has 0 amide bonds. The quantitative estimate of drug-likeness (QED) is 0.483. The lowest BCUT2D eigenvalue weighted by molar-refractivity contribution is -0.132. The highest BCUT2D eigenvalue weighted by molar-refractivity contribution is 6.43. The van der Waals surface area contributed by atoms with Crippen LogP contribution in [-0.4, -0.2) is 25.9 Å². The maximum Gasteiger partial charge on any atom is 0.360 e. The average Bonchev–Trinajstić information content (AvgIpc) is 2.55. The topological polar surface area (TPSA) is 57.1 Å². The SMILES string of the molecule is CO/N=C(/C(=O)OC)c1ccccc1Oc1ccccc1C. The van der Waals surface area contributed by atoms with Crippen molar-refractivity contribution in [2.75, 3.05) is 14.2 Å². The Morgan fingerprint density at radius 2 is 1.59 bits per heavy atom. The summed E-state index contributed by atoms with van der Waals surface area (Å²) >= 11 is 0. The molecular weight excluding hydrogens is 282 g/mol. The van der Waals surface area contributed by atoms with Crippen molar-refractivity contribution in [2.45, 2.75) is 6.92 Å². The Bertz CT molecular complexity index is 695. The largest absolute Gasteiger partial charge is 0.464 e. The number of carbonyl (C=O) groups excluding carboxylic acids is 1. The standard InChI is InChI=1S/C17H17NO4/c1-12-8-4-6-10-14(12)22-15-11-7-5-9-13(15)16(18-21-3)17(19)20-2/h4-11H,1-3H3/b18-16+. The van der Waals surface area contributed by atoms with E-state index in [-0.39, 0.29) is 5.71 Å². The highest BCUT2D eigenvalue weighted by Gasteiger charge is 2.20. The first-order chi connectivity index (χ1) is 10.7. The molecule has 0 unspecified atom stereocenters. The Morgan fingerprint density at radius 1 is 0.955 bits per heavy atom. The summed E-state index contributed by atoms with van der Waals surface area (Å²) in [6.45, 7) is 1.95. The van der Waals surface area contributed by atoms with Crippen LogP contribution in [0.25, 0.3) is 0 Å². The monoisotopic (exact) mass is 299 g/mol. The highest BCUT2D eigenvalue weighted by Crippen LogP contribution is 2.28. The molecule has 0 atom stereocenters. The number of ether oxygens (including phenoxy) is 2. The summed E-state index contributed by atoms with van der Waals surface area (Å²) in [5.41, 5.74) is 1.54. The highest BCUT2D eigenvalue weighted by atomic mass is 16.6. The minimum absolute atomic E-state index is 0.0502. The minimum atomic E-state index is -0.595. The van der Waals surface area contributed by atoms with Crippen LogP contribution in [0.15, 0.2) is 53.7 Å². The molecular formula is C17H17NO4. The molecule has 5 nitrogen and oxygen atoms in total. The van der Waals surface area contributed by atoms with E-state index in [0.717, 1.165) is 5.56 Å². The van der Waals surface area contributed by atoms with Gasteiger partial charge in [0.15, 0.2) is 5.71 Å². The lowest BCUT2D eigenvalue weighted by Gasteiger charge is -2.13. The molecule has 0 saturated carbocycles. The second-order valence-corrected chi connectivity index (χ2v) is 4.48. The molecule has 0 bridgehead atoms. The van der Waals surface area contributed by atoms with Gasteiger partial charge in [0.05, 0.1) is 12.7 Å². The zero-order valence-corrected chi connectivity index (χ0v) is 12.7. The van der Waals surface area contributed by atoms with Gasteiger partial charge >= 0.3 is 5.97 Å². The van der Waals surface area contributed by atoms with Crippen LogP contribution < -0.4 is 4.74 Å². The molecule has 0 radical (unpaired) electrons. The number of methoxy groups -OCH3 is 1. The van der Waals surface area contributed by atoms with Crippen molar-refractivity contribution in [2.24, 2.45) is 5.16 Å². The van der Waals surface area contributed by atoms with E-state index in [4.69, 9.17) is 14.3 Å². The van der Waals surface area contributed by atoms with Crippen LogP contribution in [-0.2, 0) is 14.4 Å². The summed E-state index contributed by atoms with van der Waals surface area (Å²) in [6, 6.07) is 14.7. The van der Waals surface area contributed by atoms with Crippen LogP contribution in [0.1, 0.15) is 11.1 Å². The number of hydrogen-bond donors (Lipinski definition) is 0. The summed E-state index contributed by atoms with van der Waals surface area (Å²) in [5.74, 6) is 0.609. The molecule has 0 spiro atoms. The fraction of sp³-hybridized carbons (Fsp3) is 0.176. The van der Waals surface area contributed by atoms with Gasteiger partial charge in [0.1, 0.15) is 18.6 Å². The van der Waals surface area contributed by atoms with E-state index >= 15 is 0 Å². The lowest BCUT2D eigenvalue weighted by Crippen LogP contribution is -2.18. The van der Waals surface area contributed by atoms with Crippen LogP contribution >= 0.6 is 0 Å². The van der Waals surface area contributed by atoms with Crippen LogP contribution in [0.3, 0.4) is 0 Å². The third-order valence-corrected chi connectivity index (χ3v) is 3.02. The van der Waals surface area contributed by atoms with Crippen LogP contribution in [0.2, 0.25) is 0 Å². The molecule has 0 aliphatic rings. The van der Waals surface area contributed by atoms with Crippen molar-refractivity contribution in [3.63, 3.8) is 0 Å². The molecule has 0 aliphatic heterocycles. The molecule has 0 fully saturated rings. The van der Waals surface area contributed by atoms with Gasteiger partial charge in [0.2, 0.25) is 0 Å². The molecule has 0 aromatic heterocycles. The number of aryl methyl sites for hydroxylation is 1. The van der Waals surface area contributed by atoms with Gasteiger partial charge in [0, 0.05) is 0 Å². The number of para-hydroxylation sites is 2. The van der Waals surface area contributed by atoms with Crippen molar-refractivity contribution in [3.05, 3.63) is 59.7 Å². The van der Waals surface area contributed by atoms with Crippen LogP contribution in [0.4, 0.5) is 0 Å². The minimum Gasteiger partial charge on any atom is -0.464 e. The van der Waals surface area contributed by atoms with Crippen molar-refractivity contribution >= 4 is 11.7 Å². The van der Waals surface area contributed by atoms with Crippen LogP contribution in [0.5, 0.6) is 11.5 Å². The van der Waals surface area contributed by atoms with E-state index in [0.29, 0.717) is 17.1 Å². The summed E-state index contributed by atoms with van der Waals surface area (Å²) in [5, 5.41) is 3.75. The maximum absolute atomic E-state index is 11.9. The van der Waals surface area contributed by atoms with Gasteiger partial charge in [-0.1, -0.05) is 35.5 Å². The molecule has 22 heavy (non-hydrogen) atoms. The Balaban J connectivity index is 2.44. The van der Waals surface area contributed by atoms with Gasteiger partial charge in [-0.25, -0.2) is 4.79 Å². The van der Waals surface area contributed by atoms with E-state index in [1.807, 2.05) is 37.3 Å². The molecule has 114 valence electrons. The van der Waals surface area contributed by atoms with E-state index in [1.54, 1.807) is 18.2 Å². The Kier molecular flexibility index (Phi) is 5.14. The predicted molar refractivity (Wildman–Crippen MR) is 83.3 cm³/mol. The molecule has 2 rings (SSSR count). The first-order valence-corrected chi connectivity index (χ1v) is 6.69. The first kappa shape index (κ1) is 15.6. The molecule has 0 saturated heterocycles. The van der Waals surface area contributed by atoms with Gasteiger partial charge in [-0.2, -0.15) is 0 Å². The van der Waals surface area contributed by atoms with Crippen molar-refractivity contribution in [1.29, 1.82) is 0 Å². The van der Waals surface area contributed by atoms with Crippen molar-refractivity contribution in [3.8, 4) is 11.5 Å². The van der Waals surface area contributed by atoms with E-state index < -0.39 is 5.97 Å². The number of rotatable bonds is 5. The van der Waals surface area contributed by atoms with Gasteiger partial charge < -0.3 is 14.3 Å². The van der Waals surface area contributed by atoms with Gasteiger partial charge in [-0.15, -0.1) is 0 Å². The zero-order valence-electron chi connectivity index (χ0n) is 12.7. The van der Waals surface area contributed by atoms with E-state index in [1.165, 1.54) is 14.2 Å². The maximum atomic E-state index is 11.9. The molecule has 0 aliphatic carbocycles. The second kappa shape index (κ2) is 7.26. The number of carbonyl (C=O) groups is 1. The fourth-order valence-electron chi connectivity index (χ4n) is 1.93. The molecule has 2 aromatic carbocycles. The molecule has 2 aromatic rings. The average molecular weight is 299 g/mol. The summed E-state index contributed by atoms with van der Waals surface area (Å²) < 4.78 is 10.7.